The van der Waals surface area contributed by atoms with E-state index in [9.17, 15) is 9.59 Å². The number of nitrogens with zero attached hydrogens (tertiary/aromatic N) is 1. The largest absolute Gasteiger partial charge is 0.353 e. The average Bonchev–Trinajstić information content (AvgIpc) is 2.35. The fourth-order valence-corrected chi connectivity index (χ4v) is 2.08. The van der Waals surface area contributed by atoms with Gasteiger partial charge in [-0.1, -0.05) is 6.92 Å². The Bertz CT molecular complexity index is 286. The van der Waals surface area contributed by atoms with E-state index in [4.69, 9.17) is 0 Å². The average molecular weight is 255 g/mol. The molecule has 2 N–H and O–H groups in total. The van der Waals surface area contributed by atoms with Crippen LogP contribution in [0.3, 0.4) is 0 Å². The maximum absolute atomic E-state index is 11.9. The zero-order chi connectivity index (χ0) is 13.5. The highest BCUT2D eigenvalue weighted by Crippen LogP contribution is 2.10. The Balaban J connectivity index is 2.25. The summed E-state index contributed by atoms with van der Waals surface area (Å²) in [6.07, 6.45) is 2.74. The molecule has 0 aromatic carbocycles. The molecule has 1 unspecified atom stereocenters. The molecule has 2 amide bonds. The van der Waals surface area contributed by atoms with Gasteiger partial charge in [0, 0.05) is 32.1 Å². The summed E-state index contributed by atoms with van der Waals surface area (Å²) in [6, 6.07) is 0.611. The summed E-state index contributed by atoms with van der Waals surface area (Å²) >= 11 is 0. The molecular weight excluding hydrogens is 230 g/mol. The van der Waals surface area contributed by atoms with Gasteiger partial charge < -0.3 is 15.5 Å². The Morgan fingerprint density at radius 1 is 1.33 bits per heavy atom. The van der Waals surface area contributed by atoms with E-state index < -0.39 is 0 Å². The lowest BCUT2D eigenvalue weighted by atomic mass is 10.0. The smallest absolute Gasteiger partial charge is 0.236 e. The standard InChI is InChI=1S/C13H25N3O2/c1-4-10(2)14-9-13(18)16-7-5-12(6-8-16)15-11(3)17/h10,12,14H,4-9H2,1-3H3,(H,15,17). The van der Waals surface area contributed by atoms with Crippen LogP contribution in [0.2, 0.25) is 0 Å². The fourth-order valence-electron chi connectivity index (χ4n) is 2.08. The normalized spacial score (nSPS) is 18.5. The lowest BCUT2D eigenvalue weighted by Gasteiger charge is -2.32. The van der Waals surface area contributed by atoms with Crippen molar-refractivity contribution in [2.24, 2.45) is 0 Å². The fraction of sp³-hybridized carbons (Fsp3) is 0.846. The lowest BCUT2D eigenvalue weighted by molar-refractivity contribution is -0.131. The molecule has 0 radical (unpaired) electrons. The molecule has 1 fully saturated rings. The Kier molecular flexibility index (Phi) is 6.12. The highest BCUT2D eigenvalue weighted by atomic mass is 16.2. The SMILES string of the molecule is CCC(C)NCC(=O)N1CCC(NC(C)=O)CC1. The number of hydrogen-bond acceptors (Lipinski definition) is 3. The summed E-state index contributed by atoms with van der Waals surface area (Å²) < 4.78 is 0. The Hall–Kier alpha value is -1.10. The van der Waals surface area contributed by atoms with Gasteiger partial charge in [0.2, 0.25) is 11.8 Å². The molecule has 1 aliphatic rings. The van der Waals surface area contributed by atoms with Gasteiger partial charge in [-0.25, -0.2) is 0 Å². The van der Waals surface area contributed by atoms with Gasteiger partial charge in [-0.05, 0) is 26.2 Å². The van der Waals surface area contributed by atoms with Gasteiger partial charge in [0.25, 0.3) is 0 Å². The van der Waals surface area contributed by atoms with Crippen molar-refractivity contribution in [2.45, 2.75) is 52.1 Å². The van der Waals surface area contributed by atoms with Crippen LogP contribution in [0.15, 0.2) is 0 Å². The van der Waals surface area contributed by atoms with Gasteiger partial charge in [-0.3, -0.25) is 9.59 Å². The van der Waals surface area contributed by atoms with Crippen LogP contribution in [0.4, 0.5) is 0 Å². The maximum Gasteiger partial charge on any atom is 0.236 e. The molecule has 0 aliphatic carbocycles. The van der Waals surface area contributed by atoms with Crippen LogP contribution in [0.25, 0.3) is 0 Å². The Labute approximate surface area is 109 Å². The number of carbonyl (C=O) groups is 2. The van der Waals surface area contributed by atoms with Crippen molar-refractivity contribution in [1.29, 1.82) is 0 Å². The van der Waals surface area contributed by atoms with E-state index in [1.165, 1.54) is 6.92 Å². The minimum absolute atomic E-state index is 0.0122. The molecule has 5 nitrogen and oxygen atoms in total. The summed E-state index contributed by atoms with van der Waals surface area (Å²) in [5, 5.41) is 6.12. The van der Waals surface area contributed by atoms with Crippen LogP contribution in [0, 0.1) is 0 Å². The number of piperidine rings is 1. The number of carbonyl (C=O) groups excluding carboxylic acids is 2. The van der Waals surface area contributed by atoms with E-state index in [0.29, 0.717) is 12.6 Å². The summed E-state index contributed by atoms with van der Waals surface area (Å²) in [5.74, 6) is 0.176. The van der Waals surface area contributed by atoms with E-state index in [1.807, 2.05) is 4.90 Å². The Morgan fingerprint density at radius 3 is 2.44 bits per heavy atom. The molecule has 1 heterocycles. The van der Waals surface area contributed by atoms with Gasteiger partial charge in [-0.2, -0.15) is 0 Å². The van der Waals surface area contributed by atoms with Crippen molar-refractivity contribution < 1.29 is 9.59 Å². The molecule has 0 spiro atoms. The number of rotatable bonds is 5. The molecule has 1 aliphatic heterocycles. The number of likely N-dealkylation sites (tertiary alicyclic amines) is 1. The monoisotopic (exact) mass is 255 g/mol. The first-order valence-electron chi connectivity index (χ1n) is 6.81. The van der Waals surface area contributed by atoms with E-state index >= 15 is 0 Å². The van der Waals surface area contributed by atoms with Crippen LogP contribution < -0.4 is 10.6 Å². The molecule has 1 rings (SSSR count). The molecule has 0 bridgehead atoms. The summed E-state index contributed by atoms with van der Waals surface area (Å²) in [5.41, 5.74) is 0. The first-order chi connectivity index (χ1) is 8.52. The number of amides is 2. The summed E-state index contributed by atoms with van der Waals surface area (Å²) in [7, 11) is 0. The van der Waals surface area contributed by atoms with Crippen molar-refractivity contribution in [3.05, 3.63) is 0 Å². The molecule has 0 aromatic heterocycles. The van der Waals surface area contributed by atoms with Crippen molar-refractivity contribution in [2.75, 3.05) is 19.6 Å². The third kappa shape index (κ3) is 5.04. The third-order valence-electron chi connectivity index (χ3n) is 3.47. The predicted octanol–water partition coefficient (Wildman–Crippen LogP) is 0.502. The van der Waals surface area contributed by atoms with E-state index in [-0.39, 0.29) is 17.9 Å². The zero-order valence-electron chi connectivity index (χ0n) is 11.7. The molecule has 1 atom stereocenters. The molecular formula is C13H25N3O2. The van der Waals surface area contributed by atoms with Crippen LogP contribution >= 0.6 is 0 Å². The van der Waals surface area contributed by atoms with Crippen LogP contribution in [-0.2, 0) is 9.59 Å². The zero-order valence-corrected chi connectivity index (χ0v) is 11.7. The molecule has 1 saturated heterocycles. The second kappa shape index (κ2) is 7.36. The summed E-state index contributed by atoms with van der Waals surface area (Å²) in [6.45, 7) is 7.61. The highest BCUT2D eigenvalue weighted by Gasteiger charge is 2.22. The molecule has 104 valence electrons. The molecule has 0 saturated carbocycles. The number of hydrogen-bond donors (Lipinski definition) is 2. The molecule has 0 aromatic rings. The van der Waals surface area contributed by atoms with E-state index in [0.717, 1.165) is 32.4 Å². The van der Waals surface area contributed by atoms with Gasteiger partial charge in [0.15, 0.2) is 0 Å². The van der Waals surface area contributed by atoms with Crippen molar-refractivity contribution in [1.82, 2.24) is 15.5 Å². The quantitative estimate of drug-likeness (QED) is 0.752. The minimum atomic E-state index is 0.0122. The van der Waals surface area contributed by atoms with Gasteiger partial charge >= 0.3 is 0 Å². The van der Waals surface area contributed by atoms with Crippen LogP contribution in [0.5, 0.6) is 0 Å². The van der Waals surface area contributed by atoms with Crippen molar-refractivity contribution >= 4 is 11.8 Å². The third-order valence-corrected chi connectivity index (χ3v) is 3.47. The van der Waals surface area contributed by atoms with Gasteiger partial charge in [0.1, 0.15) is 0 Å². The number of nitrogens with one attached hydrogen (secondary N) is 2. The van der Waals surface area contributed by atoms with Gasteiger partial charge in [0.05, 0.1) is 6.54 Å². The van der Waals surface area contributed by atoms with E-state index in [2.05, 4.69) is 24.5 Å². The van der Waals surface area contributed by atoms with Crippen LogP contribution in [0.1, 0.15) is 40.0 Å². The second-order valence-corrected chi connectivity index (χ2v) is 5.05. The lowest BCUT2D eigenvalue weighted by Crippen LogP contribution is -2.48. The van der Waals surface area contributed by atoms with Crippen molar-refractivity contribution in [3.8, 4) is 0 Å². The van der Waals surface area contributed by atoms with Crippen molar-refractivity contribution in [3.63, 3.8) is 0 Å². The first kappa shape index (κ1) is 15.0. The van der Waals surface area contributed by atoms with Crippen LogP contribution in [-0.4, -0.2) is 48.4 Å². The summed E-state index contributed by atoms with van der Waals surface area (Å²) in [4.78, 5) is 24.7. The maximum atomic E-state index is 11.9. The molecule has 5 heteroatoms. The molecule has 18 heavy (non-hydrogen) atoms. The predicted molar refractivity (Wildman–Crippen MR) is 71.2 cm³/mol. The topological polar surface area (TPSA) is 61.4 Å². The second-order valence-electron chi connectivity index (χ2n) is 5.05. The van der Waals surface area contributed by atoms with Gasteiger partial charge in [-0.15, -0.1) is 0 Å². The minimum Gasteiger partial charge on any atom is -0.353 e. The Morgan fingerprint density at radius 2 is 1.94 bits per heavy atom. The first-order valence-corrected chi connectivity index (χ1v) is 6.81. The van der Waals surface area contributed by atoms with E-state index in [1.54, 1.807) is 0 Å². The highest BCUT2D eigenvalue weighted by molar-refractivity contribution is 5.78.